The molecule has 0 heterocycles. The first-order valence-corrected chi connectivity index (χ1v) is 13.8. The number of carboxylic acid groups (broad SMARTS) is 1. The third kappa shape index (κ3) is 6.80. The number of rotatable bonds is 13. The van der Waals surface area contributed by atoms with Gasteiger partial charge in [-0.3, -0.25) is 4.79 Å². The molecule has 4 rings (SSSR count). The highest BCUT2D eigenvalue weighted by Crippen LogP contribution is 2.48. The van der Waals surface area contributed by atoms with E-state index < -0.39 is 11.9 Å². The summed E-state index contributed by atoms with van der Waals surface area (Å²) in [5, 5.41) is 30.1. The first-order valence-electron chi connectivity index (χ1n) is 13.8. The van der Waals surface area contributed by atoms with Crippen molar-refractivity contribution < 1.29 is 34.4 Å². The molecule has 2 saturated carbocycles. The van der Waals surface area contributed by atoms with E-state index >= 15 is 0 Å². The second-order valence-corrected chi connectivity index (χ2v) is 11.3. The van der Waals surface area contributed by atoms with Crippen molar-refractivity contribution in [2.45, 2.75) is 102 Å². The molecule has 0 aliphatic heterocycles. The Kier molecular flexibility index (Phi) is 9.29. The molecule has 0 bridgehead atoms. The van der Waals surface area contributed by atoms with Crippen LogP contribution in [0.2, 0.25) is 0 Å². The summed E-state index contributed by atoms with van der Waals surface area (Å²) in [7, 11) is 0. The van der Waals surface area contributed by atoms with Gasteiger partial charge in [-0.25, -0.2) is 4.79 Å². The molecule has 1 aromatic carbocycles. The lowest BCUT2D eigenvalue weighted by molar-refractivity contribution is -0.159. The molecule has 0 saturated heterocycles. The molecule has 0 unspecified atom stereocenters. The highest BCUT2D eigenvalue weighted by molar-refractivity contribution is 5.71. The van der Waals surface area contributed by atoms with Crippen molar-refractivity contribution in [3.63, 3.8) is 0 Å². The van der Waals surface area contributed by atoms with Crippen LogP contribution in [0.3, 0.4) is 0 Å². The second-order valence-electron chi connectivity index (χ2n) is 11.3. The van der Waals surface area contributed by atoms with Gasteiger partial charge in [-0.05, 0) is 92.2 Å². The van der Waals surface area contributed by atoms with Gasteiger partial charge in [0.15, 0.2) is 6.61 Å². The van der Waals surface area contributed by atoms with Crippen molar-refractivity contribution in [2.24, 2.45) is 23.7 Å². The van der Waals surface area contributed by atoms with Crippen LogP contribution in [0.4, 0.5) is 0 Å². The minimum absolute atomic E-state index is 0.0882. The van der Waals surface area contributed by atoms with Gasteiger partial charge in [-0.2, -0.15) is 0 Å². The van der Waals surface area contributed by atoms with E-state index in [4.69, 9.17) is 14.6 Å². The Hall–Kier alpha value is -2.12. The van der Waals surface area contributed by atoms with E-state index in [1.807, 2.05) is 12.1 Å². The predicted octanol–water partition coefficient (Wildman–Crippen LogP) is 4.30. The molecule has 3 aliphatic rings. The summed E-state index contributed by atoms with van der Waals surface area (Å²) < 4.78 is 11.3. The Morgan fingerprint density at radius 2 is 1.92 bits per heavy atom. The van der Waals surface area contributed by atoms with E-state index in [9.17, 15) is 19.8 Å². The highest BCUT2D eigenvalue weighted by atomic mass is 16.6. The number of hydrogen-bond acceptors (Lipinski definition) is 6. The third-order valence-corrected chi connectivity index (χ3v) is 8.62. The third-order valence-electron chi connectivity index (χ3n) is 8.62. The number of unbranched alkanes of at least 4 members (excludes halogenated alkanes) is 2. The number of ether oxygens (including phenoxy) is 2. The minimum atomic E-state index is -0.815. The number of esters is 1. The molecule has 5 atom stereocenters. The Bertz CT molecular complexity index is 894. The normalized spacial score (nSPS) is 29.5. The molecule has 7 heteroatoms. The summed E-state index contributed by atoms with van der Waals surface area (Å²) >= 11 is 0. The smallest absolute Gasteiger partial charge is 0.344 e. The number of aliphatic hydroxyl groups is 2. The van der Waals surface area contributed by atoms with Gasteiger partial charge in [0.25, 0.3) is 0 Å². The average Bonchev–Trinajstić information content (AvgIpc) is 3.12. The maximum absolute atomic E-state index is 12.3. The van der Waals surface area contributed by atoms with Crippen LogP contribution in [-0.4, -0.2) is 52.2 Å². The number of aliphatic carboxylic acids is 1. The number of hydrogen-bond donors (Lipinski definition) is 3. The summed E-state index contributed by atoms with van der Waals surface area (Å²) in [6, 6.07) is 5.98. The van der Waals surface area contributed by atoms with E-state index in [0.717, 1.165) is 63.4 Å². The number of carbonyl (C=O) groups excluding carboxylic acids is 1. The van der Waals surface area contributed by atoms with Crippen LogP contribution in [-0.2, 0) is 27.2 Å². The van der Waals surface area contributed by atoms with Crippen molar-refractivity contribution in [1.29, 1.82) is 0 Å². The first-order chi connectivity index (χ1) is 17.3. The fraction of sp³-hybridized carbons (Fsp3) is 0.724. The zero-order valence-electron chi connectivity index (χ0n) is 21.4. The predicted molar refractivity (Wildman–Crippen MR) is 135 cm³/mol. The molecule has 7 nitrogen and oxygen atoms in total. The van der Waals surface area contributed by atoms with Crippen LogP contribution >= 0.6 is 0 Å². The average molecular weight is 503 g/mol. The Labute approximate surface area is 214 Å². The van der Waals surface area contributed by atoms with Crippen molar-refractivity contribution >= 4 is 11.9 Å². The number of carboxylic acids is 1. The number of fused-ring (bicyclic) bond motifs is 2. The summed E-state index contributed by atoms with van der Waals surface area (Å²) in [5.74, 6) is 0.574. The summed E-state index contributed by atoms with van der Waals surface area (Å²) in [5.41, 5.74) is 2.35. The quantitative estimate of drug-likeness (QED) is 0.272. The van der Waals surface area contributed by atoms with Crippen LogP contribution in [0.5, 0.6) is 5.75 Å². The van der Waals surface area contributed by atoms with Crippen molar-refractivity contribution in [1.82, 2.24) is 0 Å². The summed E-state index contributed by atoms with van der Waals surface area (Å²) in [6.07, 6.45) is 8.83. The minimum Gasteiger partial charge on any atom is -0.482 e. The number of benzene rings is 1. The Morgan fingerprint density at radius 3 is 2.67 bits per heavy atom. The van der Waals surface area contributed by atoms with Crippen molar-refractivity contribution in [3.05, 3.63) is 29.3 Å². The SMILES string of the molecule is CCCCC[C@H](O)CC[C@@H]1[C@H]2Cc3cccc(OCC(=O)OC4CC(CC(=O)O)C4)c3C[C@H]2C[C@H]1O. The number of aliphatic hydroxyl groups excluding tert-OH is 2. The lowest BCUT2D eigenvalue weighted by Gasteiger charge is -2.34. The van der Waals surface area contributed by atoms with E-state index in [-0.39, 0.29) is 43.2 Å². The van der Waals surface area contributed by atoms with Gasteiger partial charge >= 0.3 is 11.9 Å². The molecule has 0 radical (unpaired) electrons. The van der Waals surface area contributed by atoms with Crippen LogP contribution in [0.1, 0.15) is 82.3 Å². The molecule has 2 fully saturated rings. The highest BCUT2D eigenvalue weighted by Gasteiger charge is 2.45. The Morgan fingerprint density at radius 1 is 1.11 bits per heavy atom. The molecule has 36 heavy (non-hydrogen) atoms. The number of carbonyl (C=O) groups is 2. The lowest BCUT2D eigenvalue weighted by atomic mass is 9.73. The van der Waals surface area contributed by atoms with Crippen molar-refractivity contribution in [3.8, 4) is 5.75 Å². The van der Waals surface area contributed by atoms with Gasteiger partial charge in [-0.15, -0.1) is 0 Å². The molecule has 200 valence electrons. The fourth-order valence-corrected chi connectivity index (χ4v) is 6.64. The van der Waals surface area contributed by atoms with Gasteiger partial charge in [0.1, 0.15) is 11.9 Å². The molecule has 3 N–H and O–H groups in total. The van der Waals surface area contributed by atoms with Crippen LogP contribution in [0, 0.1) is 23.7 Å². The maximum atomic E-state index is 12.3. The van der Waals surface area contributed by atoms with Gasteiger partial charge in [0.2, 0.25) is 0 Å². The topological polar surface area (TPSA) is 113 Å². The standard InChI is InChI=1S/C29H42O7/c1-2-3-4-7-21(30)9-10-23-24-14-19-6-5-8-27(25(19)15-20(24)16-26(23)31)35-17-29(34)36-22-11-18(12-22)13-28(32)33/h5-6,8,18,20-24,26,30-31H,2-4,7,9-17H2,1H3,(H,32,33)/t18?,20-,21-,22?,23+,24-,26+/m0/s1. The van der Waals surface area contributed by atoms with E-state index in [1.54, 1.807) is 0 Å². The monoisotopic (exact) mass is 502 g/mol. The summed E-state index contributed by atoms with van der Waals surface area (Å²) in [6.45, 7) is 2.01. The zero-order valence-corrected chi connectivity index (χ0v) is 21.4. The van der Waals surface area contributed by atoms with Crippen molar-refractivity contribution in [2.75, 3.05) is 6.61 Å². The van der Waals surface area contributed by atoms with Crippen LogP contribution in [0.25, 0.3) is 0 Å². The van der Waals surface area contributed by atoms with Gasteiger partial charge < -0.3 is 24.8 Å². The molecule has 0 amide bonds. The van der Waals surface area contributed by atoms with Crippen LogP contribution in [0.15, 0.2) is 18.2 Å². The molecular formula is C29H42O7. The fourth-order valence-electron chi connectivity index (χ4n) is 6.64. The lowest BCUT2D eigenvalue weighted by Crippen LogP contribution is -2.35. The zero-order chi connectivity index (χ0) is 25.7. The first kappa shape index (κ1) is 26.9. The van der Waals surface area contributed by atoms with Gasteiger partial charge in [0.05, 0.1) is 12.2 Å². The molecule has 0 spiro atoms. The van der Waals surface area contributed by atoms with Gasteiger partial charge in [-0.1, -0.05) is 38.3 Å². The second kappa shape index (κ2) is 12.4. The van der Waals surface area contributed by atoms with E-state index in [1.165, 1.54) is 5.56 Å². The Balaban J connectivity index is 1.28. The largest absolute Gasteiger partial charge is 0.482 e. The van der Waals surface area contributed by atoms with E-state index in [2.05, 4.69) is 13.0 Å². The van der Waals surface area contributed by atoms with E-state index in [0.29, 0.717) is 30.4 Å². The molecule has 1 aromatic rings. The van der Waals surface area contributed by atoms with Crippen LogP contribution < -0.4 is 4.74 Å². The molecule has 3 aliphatic carbocycles. The molecule has 0 aromatic heterocycles. The van der Waals surface area contributed by atoms with Gasteiger partial charge in [0, 0.05) is 6.42 Å². The summed E-state index contributed by atoms with van der Waals surface area (Å²) in [4.78, 5) is 23.0. The molecular weight excluding hydrogens is 460 g/mol. The maximum Gasteiger partial charge on any atom is 0.344 e.